The number of ether oxygens (including phenoxy) is 1. The van der Waals surface area contributed by atoms with E-state index in [1.807, 2.05) is 30.3 Å². The van der Waals surface area contributed by atoms with Gasteiger partial charge in [-0.05, 0) is 43.9 Å². The van der Waals surface area contributed by atoms with Crippen molar-refractivity contribution in [3.05, 3.63) is 47.5 Å². The summed E-state index contributed by atoms with van der Waals surface area (Å²) in [5, 5.41) is 11.5. The second kappa shape index (κ2) is 7.28. The highest BCUT2D eigenvalue weighted by Gasteiger charge is 2.58. The summed E-state index contributed by atoms with van der Waals surface area (Å²) in [5.41, 5.74) is 1.27. The number of allylic oxidation sites excluding steroid dienone is 1. The minimum absolute atomic E-state index is 0.00395. The average Bonchev–Trinajstić information content (AvgIpc) is 2.82. The Morgan fingerprint density at radius 3 is 2.62 bits per heavy atom. The van der Waals surface area contributed by atoms with Crippen LogP contribution in [0, 0.1) is 17.3 Å². The molecule has 1 aromatic carbocycles. The SMILES string of the molecule is CC1=CC[C@@]2(C)CC[C@@](O)(C(C)C)[C@@H]2[C@@H](OCC(=O)c2ccccc2)C1. The number of carbonyl (C=O) groups excluding carboxylic acids is 1. The van der Waals surface area contributed by atoms with Gasteiger partial charge in [0.25, 0.3) is 0 Å². The summed E-state index contributed by atoms with van der Waals surface area (Å²) in [6.45, 7) is 8.69. The lowest BCUT2D eigenvalue weighted by atomic mass is 9.67. The van der Waals surface area contributed by atoms with Crippen molar-refractivity contribution in [3.8, 4) is 0 Å². The zero-order valence-electron chi connectivity index (χ0n) is 16.5. The molecule has 0 aliphatic heterocycles. The van der Waals surface area contributed by atoms with E-state index in [-0.39, 0.29) is 35.7 Å². The molecule has 3 heteroatoms. The number of ketones is 1. The van der Waals surface area contributed by atoms with Gasteiger partial charge in [0.15, 0.2) is 5.78 Å². The number of aliphatic hydroxyl groups is 1. The Labute approximate surface area is 157 Å². The highest BCUT2D eigenvalue weighted by molar-refractivity contribution is 5.97. The van der Waals surface area contributed by atoms with E-state index in [2.05, 4.69) is 33.8 Å². The molecule has 1 saturated carbocycles. The van der Waals surface area contributed by atoms with Gasteiger partial charge in [0.1, 0.15) is 6.61 Å². The highest BCUT2D eigenvalue weighted by Crippen LogP contribution is 2.57. The molecule has 3 rings (SSSR count). The number of carbonyl (C=O) groups is 1. The number of benzene rings is 1. The third-order valence-electron chi connectivity index (χ3n) is 6.72. The van der Waals surface area contributed by atoms with Crippen molar-refractivity contribution in [1.82, 2.24) is 0 Å². The smallest absolute Gasteiger partial charge is 0.188 e. The maximum atomic E-state index is 12.5. The summed E-state index contributed by atoms with van der Waals surface area (Å²) in [6.07, 6.45) is 5.76. The van der Waals surface area contributed by atoms with Crippen molar-refractivity contribution in [1.29, 1.82) is 0 Å². The summed E-state index contributed by atoms with van der Waals surface area (Å²) in [4.78, 5) is 12.5. The largest absolute Gasteiger partial charge is 0.389 e. The molecule has 0 amide bonds. The van der Waals surface area contributed by atoms with Crippen molar-refractivity contribution >= 4 is 5.78 Å². The first kappa shape index (κ1) is 19.3. The van der Waals surface area contributed by atoms with E-state index in [4.69, 9.17) is 4.74 Å². The van der Waals surface area contributed by atoms with E-state index in [1.165, 1.54) is 5.57 Å². The molecule has 0 bridgehead atoms. The number of rotatable bonds is 5. The maximum absolute atomic E-state index is 12.5. The molecule has 0 spiro atoms. The van der Waals surface area contributed by atoms with Crippen LogP contribution in [-0.2, 0) is 4.74 Å². The Kier molecular flexibility index (Phi) is 5.41. The normalized spacial score (nSPS) is 34.3. The fourth-order valence-electron chi connectivity index (χ4n) is 5.02. The third kappa shape index (κ3) is 3.52. The molecule has 1 fully saturated rings. The molecule has 0 radical (unpaired) electrons. The van der Waals surface area contributed by atoms with Crippen LogP contribution in [0.1, 0.15) is 63.7 Å². The van der Waals surface area contributed by atoms with Gasteiger partial charge in [0.05, 0.1) is 11.7 Å². The molecule has 1 aromatic rings. The first-order chi connectivity index (χ1) is 12.3. The number of hydrogen-bond acceptors (Lipinski definition) is 3. The molecule has 26 heavy (non-hydrogen) atoms. The molecule has 0 heterocycles. The first-order valence-corrected chi connectivity index (χ1v) is 9.84. The van der Waals surface area contributed by atoms with E-state index < -0.39 is 5.60 Å². The van der Waals surface area contributed by atoms with Crippen LogP contribution < -0.4 is 0 Å². The van der Waals surface area contributed by atoms with Gasteiger partial charge in [0.2, 0.25) is 0 Å². The minimum atomic E-state index is -0.729. The fraction of sp³-hybridized carbons (Fsp3) is 0.609. The molecule has 0 aromatic heterocycles. The van der Waals surface area contributed by atoms with Crippen LogP contribution >= 0.6 is 0 Å². The number of hydrogen-bond donors (Lipinski definition) is 1. The van der Waals surface area contributed by atoms with E-state index in [9.17, 15) is 9.90 Å². The van der Waals surface area contributed by atoms with Crippen LogP contribution in [0.2, 0.25) is 0 Å². The Hall–Kier alpha value is -1.45. The van der Waals surface area contributed by atoms with Gasteiger partial charge < -0.3 is 9.84 Å². The van der Waals surface area contributed by atoms with Gasteiger partial charge in [-0.15, -0.1) is 0 Å². The van der Waals surface area contributed by atoms with Crippen LogP contribution in [0.15, 0.2) is 42.0 Å². The van der Waals surface area contributed by atoms with Crippen LogP contribution in [-0.4, -0.2) is 29.2 Å². The Bertz CT molecular complexity index is 678. The molecular weight excluding hydrogens is 324 g/mol. The van der Waals surface area contributed by atoms with Gasteiger partial charge in [-0.3, -0.25) is 4.79 Å². The number of Topliss-reactive ketones (excluding diaryl/α,β-unsaturated/α-hetero) is 1. The second-order valence-electron chi connectivity index (χ2n) is 8.88. The predicted molar refractivity (Wildman–Crippen MR) is 104 cm³/mol. The summed E-state index contributed by atoms with van der Waals surface area (Å²) < 4.78 is 6.22. The van der Waals surface area contributed by atoms with Crippen molar-refractivity contribution < 1.29 is 14.6 Å². The Morgan fingerprint density at radius 1 is 1.27 bits per heavy atom. The van der Waals surface area contributed by atoms with Crippen molar-refractivity contribution in [2.45, 2.75) is 65.1 Å². The fourth-order valence-corrected chi connectivity index (χ4v) is 5.02. The average molecular weight is 357 g/mol. The van der Waals surface area contributed by atoms with E-state index >= 15 is 0 Å². The highest BCUT2D eigenvalue weighted by atomic mass is 16.5. The van der Waals surface area contributed by atoms with Gasteiger partial charge in [0, 0.05) is 11.5 Å². The summed E-state index contributed by atoms with van der Waals surface area (Å²) in [6, 6.07) is 9.31. The summed E-state index contributed by atoms with van der Waals surface area (Å²) in [7, 11) is 0. The molecule has 142 valence electrons. The molecule has 2 aliphatic carbocycles. The first-order valence-electron chi connectivity index (χ1n) is 9.84. The minimum Gasteiger partial charge on any atom is -0.389 e. The lowest BCUT2D eigenvalue weighted by molar-refractivity contribution is -0.123. The standard InChI is InChI=1S/C23H32O3/c1-16(2)23(25)13-12-22(4)11-10-17(3)14-20(21(22)23)26-15-19(24)18-8-6-5-7-9-18/h5-10,16,20-21,25H,11-15H2,1-4H3/t20-,21+,22-,23+/m0/s1. The van der Waals surface area contributed by atoms with Crippen molar-refractivity contribution in [3.63, 3.8) is 0 Å². The van der Waals surface area contributed by atoms with E-state index in [0.717, 1.165) is 25.7 Å². The lowest BCUT2D eigenvalue weighted by Crippen LogP contribution is -2.50. The molecule has 4 atom stereocenters. The zero-order chi connectivity index (χ0) is 18.9. The molecule has 0 unspecified atom stereocenters. The maximum Gasteiger partial charge on any atom is 0.188 e. The molecule has 1 N–H and O–H groups in total. The topological polar surface area (TPSA) is 46.5 Å². The monoisotopic (exact) mass is 356 g/mol. The van der Waals surface area contributed by atoms with Crippen LogP contribution in [0.25, 0.3) is 0 Å². The molecule has 3 nitrogen and oxygen atoms in total. The van der Waals surface area contributed by atoms with Crippen molar-refractivity contribution in [2.24, 2.45) is 17.3 Å². The van der Waals surface area contributed by atoms with Crippen LogP contribution in [0.3, 0.4) is 0 Å². The zero-order valence-corrected chi connectivity index (χ0v) is 16.5. The van der Waals surface area contributed by atoms with Gasteiger partial charge in [-0.1, -0.05) is 62.8 Å². The van der Waals surface area contributed by atoms with Crippen molar-refractivity contribution in [2.75, 3.05) is 6.61 Å². The summed E-state index contributed by atoms with van der Waals surface area (Å²) in [5.74, 6) is 0.222. The van der Waals surface area contributed by atoms with Gasteiger partial charge >= 0.3 is 0 Å². The van der Waals surface area contributed by atoms with Crippen LogP contribution in [0.5, 0.6) is 0 Å². The molecule has 0 saturated heterocycles. The predicted octanol–water partition coefficient (Wildman–Crippen LogP) is 4.80. The number of fused-ring (bicyclic) bond motifs is 1. The Balaban J connectivity index is 1.83. The van der Waals surface area contributed by atoms with Gasteiger partial charge in [-0.2, -0.15) is 0 Å². The lowest BCUT2D eigenvalue weighted by Gasteiger charge is -2.44. The van der Waals surface area contributed by atoms with E-state index in [0.29, 0.717) is 5.56 Å². The molecule has 2 aliphatic rings. The Morgan fingerprint density at radius 2 is 1.96 bits per heavy atom. The third-order valence-corrected chi connectivity index (χ3v) is 6.72. The summed E-state index contributed by atoms with van der Waals surface area (Å²) >= 11 is 0. The van der Waals surface area contributed by atoms with Crippen LogP contribution in [0.4, 0.5) is 0 Å². The second-order valence-corrected chi connectivity index (χ2v) is 8.88. The van der Waals surface area contributed by atoms with Gasteiger partial charge in [-0.25, -0.2) is 0 Å². The quantitative estimate of drug-likeness (QED) is 0.609. The van der Waals surface area contributed by atoms with E-state index in [1.54, 1.807) is 0 Å². The molecular formula is C23H32O3.